The summed E-state index contributed by atoms with van der Waals surface area (Å²) in [6.07, 6.45) is 9.72. The van der Waals surface area contributed by atoms with Crippen molar-refractivity contribution in [3.63, 3.8) is 0 Å². The van der Waals surface area contributed by atoms with E-state index in [9.17, 15) is 18.0 Å². The molecule has 4 saturated carbocycles. The van der Waals surface area contributed by atoms with Crippen molar-refractivity contribution in [2.75, 3.05) is 22.4 Å². The maximum Gasteiger partial charge on any atom is 0.253 e. The largest absolute Gasteiger partial charge is 0.350 e. The van der Waals surface area contributed by atoms with Crippen LogP contribution in [0.1, 0.15) is 74.7 Å². The Balaban J connectivity index is 1.32. The molecule has 2 amide bonds. The van der Waals surface area contributed by atoms with Crippen LogP contribution in [0.15, 0.2) is 48.5 Å². The monoisotopic (exact) mass is 537 g/mol. The van der Waals surface area contributed by atoms with Gasteiger partial charge in [0.05, 0.1) is 23.2 Å². The summed E-state index contributed by atoms with van der Waals surface area (Å²) in [5.74, 6) is 1.69. The molecule has 204 valence electrons. The van der Waals surface area contributed by atoms with Crippen molar-refractivity contribution in [1.82, 2.24) is 5.32 Å². The van der Waals surface area contributed by atoms with E-state index in [0.717, 1.165) is 34.7 Å². The molecule has 4 aliphatic rings. The highest BCUT2D eigenvalue weighted by atomic mass is 32.2. The molecule has 2 aromatic rings. The first-order valence-electron chi connectivity index (χ1n) is 13.8. The van der Waals surface area contributed by atoms with Crippen LogP contribution in [0.25, 0.3) is 0 Å². The molecule has 4 fully saturated rings. The highest BCUT2D eigenvalue weighted by molar-refractivity contribution is 7.92. The zero-order valence-corrected chi connectivity index (χ0v) is 23.4. The minimum atomic E-state index is -3.72. The Hall–Kier alpha value is -2.87. The molecule has 4 aliphatic carbocycles. The topological polar surface area (TPSA) is 95.6 Å². The van der Waals surface area contributed by atoms with Gasteiger partial charge in [0.25, 0.3) is 5.91 Å². The molecule has 38 heavy (non-hydrogen) atoms. The molecule has 0 aromatic heterocycles. The third kappa shape index (κ3) is 5.46. The van der Waals surface area contributed by atoms with E-state index in [4.69, 9.17) is 0 Å². The SMILES string of the molecule is CC[C@@H](C)NC(=O)c1ccccc1NC(=O)CN(c1ccc(C23CC4CC(CC(C4)C2)C3)cc1)S(C)(=O)=O. The number of anilines is 2. The zero-order valence-electron chi connectivity index (χ0n) is 22.6. The van der Waals surface area contributed by atoms with Crippen LogP contribution >= 0.6 is 0 Å². The van der Waals surface area contributed by atoms with Gasteiger partial charge in [-0.1, -0.05) is 31.2 Å². The van der Waals surface area contributed by atoms with E-state index in [1.165, 1.54) is 44.1 Å². The van der Waals surface area contributed by atoms with Gasteiger partial charge < -0.3 is 10.6 Å². The molecule has 0 saturated heterocycles. The number of benzene rings is 2. The first-order chi connectivity index (χ1) is 18.1. The van der Waals surface area contributed by atoms with Crippen molar-refractivity contribution in [3.8, 4) is 0 Å². The number of rotatable bonds is 9. The summed E-state index contributed by atoms with van der Waals surface area (Å²) in [5.41, 5.74) is 2.69. The summed E-state index contributed by atoms with van der Waals surface area (Å²) < 4.78 is 26.6. The van der Waals surface area contributed by atoms with E-state index in [2.05, 4.69) is 22.8 Å². The summed E-state index contributed by atoms with van der Waals surface area (Å²) >= 11 is 0. The molecule has 1 atom stereocenters. The fourth-order valence-electron chi connectivity index (χ4n) is 7.36. The van der Waals surface area contributed by atoms with Crippen LogP contribution in [0.3, 0.4) is 0 Å². The Labute approximate surface area is 226 Å². The number of hydrogen-bond donors (Lipinski definition) is 2. The lowest BCUT2D eigenvalue weighted by molar-refractivity contribution is -0.114. The number of nitrogens with one attached hydrogen (secondary N) is 2. The lowest BCUT2D eigenvalue weighted by atomic mass is 9.48. The van der Waals surface area contributed by atoms with Gasteiger partial charge >= 0.3 is 0 Å². The number of hydrogen-bond acceptors (Lipinski definition) is 4. The van der Waals surface area contributed by atoms with E-state index >= 15 is 0 Å². The van der Waals surface area contributed by atoms with Gasteiger partial charge in [0.15, 0.2) is 0 Å². The standard InChI is InChI=1S/C30H39N3O4S/c1-4-20(2)31-29(35)26-7-5-6-8-27(26)32-28(34)19-33(38(3,36)37)25-11-9-24(10-12-25)30-16-21-13-22(17-30)15-23(14-21)18-30/h5-12,20-23H,4,13-19H2,1-3H3,(H,31,35)(H,32,34)/t20-,21?,22?,23?,30?/m1/s1. The number of para-hydroxylation sites is 1. The normalized spacial score (nSPS) is 26.6. The molecular weight excluding hydrogens is 498 g/mol. The molecule has 0 spiro atoms. The Morgan fingerprint density at radius 2 is 1.55 bits per heavy atom. The molecule has 7 nitrogen and oxygen atoms in total. The summed E-state index contributed by atoms with van der Waals surface area (Å²) in [5, 5.41) is 5.66. The fourth-order valence-corrected chi connectivity index (χ4v) is 8.22. The smallest absolute Gasteiger partial charge is 0.253 e. The van der Waals surface area contributed by atoms with Crippen LogP contribution < -0.4 is 14.9 Å². The van der Waals surface area contributed by atoms with Crippen molar-refractivity contribution < 1.29 is 18.0 Å². The molecule has 6 rings (SSSR count). The molecule has 8 heteroatoms. The third-order valence-electron chi connectivity index (χ3n) is 8.93. The van der Waals surface area contributed by atoms with Crippen molar-refractivity contribution in [1.29, 1.82) is 0 Å². The minimum Gasteiger partial charge on any atom is -0.350 e. The molecule has 4 bridgehead atoms. The number of sulfonamides is 1. The minimum absolute atomic E-state index is 0.00612. The number of carbonyl (C=O) groups is 2. The summed E-state index contributed by atoms with van der Waals surface area (Å²) in [6.45, 7) is 3.52. The predicted molar refractivity (Wildman–Crippen MR) is 151 cm³/mol. The lowest BCUT2D eigenvalue weighted by Gasteiger charge is -2.57. The van der Waals surface area contributed by atoms with Crippen molar-refractivity contribution in [3.05, 3.63) is 59.7 Å². The van der Waals surface area contributed by atoms with Crippen molar-refractivity contribution in [2.24, 2.45) is 17.8 Å². The van der Waals surface area contributed by atoms with Gasteiger partial charge in [-0.05, 0) is 105 Å². The van der Waals surface area contributed by atoms with E-state index in [1.54, 1.807) is 24.3 Å². The second kappa shape index (κ2) is 10.4. The van der Waals surface area contributed by atoms with Crippen LogP contribution in [0, 0.1) is 17.8 Å². The quantitative estimate of drug-likeness (QED) is 0.466. The second-order valence-electron chi connectivity index (χ2n) is 11.9. The van der Waals surface area contributed by atoms with Crippen molar-refractivity contribution >= 4 is 33.2 Å². The first-order valence-corrected chi connectivity index (χ1v) is 15.7. The molecule has 0 unspecified atom stereocenters. The Morgan fingerprint density at radius 3 is 2.11 bits per heavy atom. The average molecular weight is 538 g/mol. The molecule has 0 heterocycles. The number of nitrogens with zero attached hydrogens (tertiary/aromatic N) is 1. The highest BCUT2D eigenvalue weighted by Crippen LogP contribution is 2.60. The van der Waals surface area contributed by atoms with Gasteiger partial charge in [-0.15, -0.1) is 0 Å². The fraction of sp³-hybridized carbons (Fsp3) is 0.533. The van der Waals surface area contributed by atoms with E-state index in [1.807, 2.05) is 26.0 Å². The van der Waals surface area contributed by atoms with Crippen LogP contribution in [0.5, 0.6) is 0 Å². The zero-order chi connectivity index (χ0) is 27.1. The van der Waals surface area contributed by atoms with E-state index < -0.39 is 15.9 Å². The Morgan fingerprint density at radius 1 is 0.974 bits per heavy atom. The summed E-state index contributed by atoms with van der Waals surface area (Å²) in [4.78, 5) is 25.8. The van der Waals surface area contributed by atoms with Gasteiger partial charge in [0, 0.05) is 6.04 Å². The maximum absolute atomic E-state index is 13.0. The van der Waals surface area contributed by atoms with E-state index in [-0.39, 0.29) is 23.9 Å². The van der Waals surface area contributed by atoms with Gasteiger partial charge in [-0.2, -0.15) is 0 Å². The summed E-state index contributed by atoms with van der Waals surface area (Å²) in [6, 6.07) is 14.6. The van der Waals surface area contributed by atoms with Crippen LogP contribution in [0.2, 0.25) is 0 Å². The maximum atomic E-state index is 13.0. The van der Waals surface area contributed by atoms with Gasteiger partial charge in [-0.25, -0.2) is 8.42 Å². The van der Waals surface area contributed by atoms with Gasteiger partial charge in [0.1, 0.15) is 6.54 Å². The molecule has 0 radical (unpaired) electrons. The molecular formula is C30H39N3O4S. The van der Waals surface area contributed by atoms with Crippen LogP contribution in [-0.2, 0) is 20.2 Å². The third-order valence-corrected chi connectivity index (χ3v) is 10.1. The number of carbonyl (C=O) groups excluding carboxylic acids is 2. The lowest BCUT2D eigenvalue weighted by Crippen LogP contribution is -2.48. The predicted octanol–water partition coefficient (Wildman–Crippen LogP) is 5.09. The molecule has 2 aromatic carbocycles. The van der Waals surface area contributed by atoms with Crippen molar-refractivity contribution in [2.45, 2.75) is 70.3 Å². The Bertz CT molecular complexity index is 1270. The van der Waals surface area contributed by atoms with E-state index in [0.29, 0.717) is 16.9 Å². The van der Waals surface area contributed by atoms with Crippen LogP contribution in [-0.4, -0.2) is 39.1 Å². The Kier molecular flexibility index (Phi) is 7.29. The summed E-state index contributed by atoms with van der Waals surface area (Å²) in [7, 11) is -3.72. The van der Waals surface area contributed by atoms with Crippen LogP contribution in [0.4, 0.5) is 11.4 Å². The molecule has 2 N–H and O–H groups in total. The molecule has 0 aliphatic heterocycles. The highest BCUT2D eigenvalue weighted by Gasteiger charge is 2.51. The van der Waals surface area contributed by atoms with Gasteiger partial charge in [0.2, 0.25) is 15.9 Å². The van der Waals surface area contributed by atoms with Gasteiger partial charge in [-0.3, -0.25) is 13.9 Å². The number of amides is 2. The average Bonchev–Trinajstić information content (AvgIpc) is 2.86. The second-order valence-corrected chi connectivity index (χ2v) is 13.8. The first kappa shape index (κ1) is 26.7.